The molecule has 1 aliphatic heterocycles. The minimum Gasteiger partial charge on any atom is -0.368 e. The van der Waals surface area contributed by atoms with Gasteiger partial charge in [0.25, 0.3) is 0 Å². The van der Waals surface area contributed by atoms with Crippen LogP contribution >= 0.6 is 0 Å². The van der Waals surface area contributed by atoms with Crippen molar-refractivity contribution in [3.8, 4) is 0 Å². The van der Waals surface area contributed by atoms with Crippen molar-refractivity contribution in [1.82, 2.24) is 0 Å². The van der Waals surface area contributed by atoms with Gasteiger partial charge in [-0.15, -0.1) is 0 Å². The predicted octanol–water partition coefficient (Wildman–Crippen LogP) is 4.24. The van der Waals surface area contributed by atoms with Gasteiger partial charge in [-0.25, -0.2) is 13.8 Å². The zero-order valence-electron chi connectivity index (χ0n) is 15.5. The highest BCUT2D eigenvalue weighted by Crippen LogP contribution is 2.41. The van der Waals surface area contributed by atoms with Gasteiger partial charge in [-0.2, -0.15) is 5.10 Å². The minimum atomic E-state index is -1.15. The number of anilines is 1. The summed E-state index contributed by atoms with van der Waals surface area (Å²) in [5.74, 6) is -1.59. The first kappa shape index (κ1) is 19.0. The highest BCUT2D eigenvalue weighted by atomic mass is 19.1. The maximum atomic E-state index is 13.8. The summed E-state index contributed by atoms with van der Waals surface area (Å²) in [5, 5.41) is 6.18. The van der Waals surface area contributed by atoms with E-state index in [-0.39, 0.29) is 11.7 Å². The van der Waals surface area contributed by atoms with E-state index >= 15 is 0 Å². The molecule has 3 rings (SSSR count). The SMILES string of the molecule is CCCCC1C(c2ccc(F)cc2)=NN(c2cccc(F)c2)C1(C)C(N)=O. The number of nitrogens with zero attached hydrogens (tertiary/aromatic N) is 2. The Balaban J connectivity index is 2.14. The van der Waals surface area contributed by atoms with E-state index < -0.39 is 17.3 Å². The molecule has 6 heteroatoms. The minimum absolute atomic E-state index is 0.288. The Morgan fingerprint density at radius 2 is 1.89 bits per heavy atom. The number of halogens is 2. The molecule has 27 heavy (non-hydrogen) atoms. The van der Waals surface area contributed by atoms with Crippen LogP contribution in [-0.4, -0.2) is 17.2 Å². The molecule has 4 nitrogen and oxygen atoms in total. The van der Waals surface area contributed by atoms with E-state index in [4.69, 9.17) is 5.73 Å². The lowest BCUT2D eigenvalue weighted by atomic mass is 9.77. The lowest BCUT2D eigenvalue weighted by Crippen LogP contribution is -2.56. The van der Waals surface area contributed by atoms with E-state index in [2.05, 4.69) is 12.0 Å². The number of amides is 1. The van der Waals surface area contributed by atoms with E-state index in [1.807, 2.05) is 0 Å². The average molecular weight is 371 g/mol. The highest BCUT2D eigenvalue weighted by Gasteiger charge is 2.52. The Bertz CT molecular complexity index is 866. The van der Waals surface area contributed by atoms with E-state index in [0.29, 0.717) is 17.8 Å². The van der Waals surface area contributed by atoms with Crippen molar-refractivity contribution >= 4 is 17.3 Å². The molecule has 0 spiro atoms. The van der Waals surface area contributed by atoms with Gasteiger partial charge in [-0.3, -0.25) is 4.79 Å². The van der Waals surface area contributed by atoms with Gasteiger partial charge in [0, 0.05) is 5.92 Å². The van der Waals surface area contributed by atoms with Crippen LogP contribution in [0.25, 0.3) is 0 Å². The molecule has 2 aromatic carbocycles. The Hall–Kier alpha value is -2.76. The van der Waals surface area contributed by atoms with Crippen LogP contribution in [-0.2, 0) is 4.79 Å². The number of hydrogen-bond acceptors (Lipinski definition) is 3. The molecule has 2 atom stereocenters. The molecule has 2 unspecified atom stereocenters. The van der Waals surface area contributed by atoms with E-state index in [9.17, 15) is 13.6 Å². The number of carbonyl (C=O) groups excluding carboxylic acids is 1. The molecule has 0 aromatic heterocycles. The summed E-state index contributed by atoms with van der Waals surface area (Å²) in [7, 11) is 0. The second-order valence-corrected chi connectivity index (χ2v) is 6.99. The normalized spacial score (nSPS) is 22.0. The largest absolute Gasteiger partial charge is 0.368 e. The first-order valence-electron chi connectivity index (χ1n) is 9.08. The second kappa shape index (κ2) is 7.47. The van der Waals surface area contributed by atoms with E-state index in [1.165, 1.54) is 29.3 Å². The molecule has 1 aliphatic rings. The number of unbranched alkanes of at least 4 members (excludes halogenated alkanes) is 1. The van der Waals surface area contributed by atoms with Crippen LogP contribution in [0.2, 0.25) is 0 Å². The third kappa shape index (κ3) is 3.44. The van der Waals surface area contributed by atoms with Gasteiger partial charge < -0.3 is 5.73 Å². The molecular weight excluding hydrogens is 348 g/mol. The molecule has 1 amide bonds. The van der Waals surface area contributed by atoms with Gasteiger partial charge >= 0.3 is 0 Å². The van der Waals surface area contributed by atoms with Crippen molar-refractivity contribution in [3.05, 3.63) is 65.7 Å². The molecule has 142 valence electrons. The molecular formula is C21H23F2N3O. The van der Waals surface area contributed by atoms with Gasteiger partial charge in [0.15, 0.2) is 0 Å². The molecule has 2 N–H and O–H groups in total. The average Bonchev–Trinajstić information content (AvgIpc) is 2.94. The van der Waals surface area contributed by atoms with Crippen molar-refractivity contribution in [3.63, 3.8) is 0 Å². The molecule has 0 saturated heterocycles. The molecule has 2 aromatic rings. The van der Waals surface area contributed by atoms with Crippen molar-refractivity contribution in [2.75, 3.05) is 5.01 Å². The van der Waals surface area contributed by atoms with Gasteiger partial charge in [0.1, 0.15) is 17.2 Å². The monoisotopic (exact) mass is 371 g/mol. The Labute approximate surface area is 157 Å². The second-order valence-electron chi connectivity index (χ2n) is 6.99. The highest BCUT2D eigenvalue weighted by molar-refractivity contribution is 6.10. The summed E-state index contributed by atoms with van der Waals surface area (Å²) < 4.78 is 27.2. The Kier molecular flexibility index (Phi) is 5.26. The molecule has 1 heterocycles. The van der Waals surface area contributed by atoms with Crippen LogP contribution < -0.4 is 10.7 Å². The first-order valence-corrected chi connectivity index (χ1v) is 9.08. The lowest BCUT2D eigenvalue weighted by Gasteiger charge is -2.36. The third-order valence-electron chi connectivity index (χ3n) is 5.19. The summed E-state index contributed by atoms with van der Waals surface area (Å²) in [5.41, 5.74) is 6.51. The quantitative estimate of drug-likeness (QED) is 0.826. The number of hydrogen-bond donors (Lipinski definition) is 1. The van der Waals surface area contributed by atoms with Gasteiger partial charge in [0.2, 0.25) is 5.91 Å². The van der Waals surface area contributed by atoms with Gasteiger partial charge in [0.05, 0.1) is 11.4 Å². The third-order valence-corrected chi connectivity index (χ3v) is 5.19. The standard InChI is InChI=1S/C21H23F2N3O/c1-3-4-8-18-19(14-9-11-15(22)12-10-14)25-26(21(18,2)20(24)27)17-7-5-6-16(23)13-17/h5-7,9-13,18H,3-4,8H2,1-2H3,(H2,24,27). The van der Waals surface area contributed by atoms with Crippen LogP contribution in [0.5, 0.6) is 0 Å². The Morgan fingerprint density at radius 3 is 2.48 bits per heavy atom. The summed E-state index contributed by atoms with van der Waals surface area (Å²) in [6.45, 7) is 3.80. The Morgan fingerprint density at radius 1 is 1.19 bits per heavy atom. The molecule has 0 aliphatic carbocycles. The van der Waals surface area contributed by atoms with Crippen molar-refractivity contribution in [2.24, 2.45) is 16.8 Å². The zero-order valence-corrected chi connectivity index (χ0v) is 15.5. The molecule has 0 radical (unpaired) electrons. The topological polar surface area (TPSA) is 58.7 Å². The van der Waals surface area contributed by atoms with Crippen LogP contribution in [0.3, 0.4) is 0 Å². The molecule has 0 bridgehead atoms. The molecule has 0 fully saturated rings. The number of benzene rings is 2. The maximum Gasteiger partial charge on any atom is 0.245 e. The van der Waals surface area contributed by atoms with Crippen LogP contribution in [0.1, 0.15) is 38.7 Å². The fourth-order valence-corrected chi connectivity index (χ4v) is 3.61. The summed E-state index contributed by atoms with van der Waals surface area (Å²) in [4.78, 5) is 12.6. The van der Waals surface area contributed by atoms with Gasteiger partial charge in [-0.1, -0.05) is 38.0 Å². The number of carbonyl (C=O) groups is 1. The first-order chi connectivity index (χ1) is 12.9. The lowest BCUT2D eigenvalue weighted by molar-refractivity contribution is -0.123. The number of nitrogens with two attached hydrogens (primary N) is 1. The number of rotatable bonds is 6. The number of hydrazone groups is 1. The van der Waals surface area contributed by atoms with Crippen LogP contribution in [0.4, 0.5) is 14.5 Å². The predicted molar refractivity (Wildman–Crippen MR) is 102 cm³/mol. The number of primary amides is 1. The summed E-state index contributed by atoms with van der Waals surface area (Å²) >= 11 is 0. The van der Waals surface area contributed by atoms with E-state index in [1.54, 1.807) is 31.2 Å². The molecule has 0 saturated carbocycles. The summed E-state index contributed by atoms with van der Waals surface area (Å²) in [6.07, 6.45) is 2.52. The zero-order chi connectivity index (χ0) is 19.6. The smallest absolute Gasteiger partial charge is 0.245 e. The van der Waals surface area contributed by atoms with Crippen molar-refractivity contribution in [2.45, 2.75) is 38.6 Å². The van der Waals surface area contributed by atoms with Crippen molar-refractivity contribution < 1.29 is 13.6 Å². The maximum absolute atomic E-state index is 13.8. The van der Waals surface area contributed by atoms with Crippen molar-refractivity contribution in [1.29, 1.82) is 0 Å². The fraction of sp³-hybridized carbons (Fsp3) is 0.333. The van der Waals surface area contributed by atoms with Crippen LogP contribution in [0.15, 0.2) is 53.6 Å². The fourth-order valence-electron chi connectivity index (χ4n) is 3.61. The summed E-state index contributed by atoms with van der Waals surface area (Å²) in [6, 6.07) is 11.9. The van der Waals surface area contributed by atoms with Gasteiger partial charge in [-0.05, 0) is 49.2 Å². The van der Waals surface area contributed by atoms with Crippen LogP contribution in [0, 0.1) is 17.6 Å². The van der Waals surface area contributed by atoms with E-state index in [0.717, 1.165) is 18.4 Å².